The van der Waals surface area contributed by atoms with E-state index in [1.807, 2.05) is 19.1 Å². The van der Waals surface area contributed by atoms with Crippen LogP contribution < -0.4 is 0 Å². The van der Waals surface area contributed by atoms with Crippen molar-refractivity contribution in [2.75, 3.05) is 19.7 Å². The van der Waals surface area contributed by atoms with Gasteiger partial charge in [-0.1, -0.05) is 63.7 Å². The van der Waals surface area contributed by atoms with Crippen molar-refractivity contribution in [1.29, 1.82) is 0 Å². The fourth-order valence-electron chi connectivity index (χ4n) is 7.65. The molecule has 1 fully saturated rings. The van der Waals surface area contributed by atoms with E-state index in [4.69, 9.17) is 9.72 Å². The van der Waals surface area contributed by atoms with E-state index in [9.17, 15) is 14.7 Å². The van der Waals surface area contributed by atoms with Gasteiger partial charge in [-0.2, -0.15) is 5.10 Å². The first-order valence-electron chi connectivity index (χ1n) is 17.2. The lowest BCUT2D eigenvalue weighted by Gasteiger charge is -2.34. The minimum absolute atomic E-state index is 0. The molecule has 1 aliphatic heterocycles. The Morgan fingerprint density at radius 2 is 1.77 bits per heavy atom. The van der Waals surface area contributed by atoms with Crippen molar-refractivity contribution in [2.45, 2.75) is 98.0 Å². The van der Waals surface area contributed by atoms with E-state index < -0.39 is 6.10 Å². The van der Waals surface area contributed by atoms with E-state index in [1.54, 1.807) is 29.6 Å². The highest BCUT2D eigenvalue weighted by molar-refractivity contribution is 5.90. The number of pyridine rings is 1. The van der Waals surface area contributed by atoms with E-state index in [0.29, 0.717) is 49.3 Å². The number of amides is 1. The molecule has 1 unspecified atom stereocenters. The van der Waals surface area contributed by atoms with E-state index in [-0.39, 0.29) is 19.3 Å². The molecule has 1 amide bonds. The third-order valence-electron chi connectivity index (χ3n) is 9.97. The number of piperidine rings is 1. The molecule has 0 saturated carbocycles. The second-order valence-corrected chi connectivity index (χ2v) is 12.9. The number of aryl methyl sites for hydroxylation is 2. The number of aliphatic hydroxyl groups excluding tert-OH is 1. The largest absolute Gasteiger partial charge is 0.462 e. The summed E-state index contributed by atoms with van der Waals surface area (Å²) in [6, 6.07) is 19.7. The topological polar surface area (TPSA) is 97.6 Å². The molecule has 2 atom stereocenters. The number of hydrogen-bond donors (Lipinski definition) is 1. The number of carbonyl (C=O) groups excluding carboxylic acids is 2. The molecular weight excluding hydrogens is 600 g/mol. The number of ether oxygens (including phenoxy) is 1. The van der Waals surface area contributed by atoms with Crippen LogP contribution in [0.1, 0.15) is 110 Å². The highest BCUT2D eigenvalue weighted by Crippen LogP contribution is 2.42. The molecule has 8 heteroatoms. The summed E-state index contributed by atoms with van der Waals surface area (Å²) < 4.78 is 7.02. The molecular formula is C40H50N4O4. The summed E-state index contributed by atoms with van der Waals surface area (Å²) in [5.41, 5.74) is 10.3. The van der Waals surface area contributed by atoms with Gasteiger partial charge in [0.05, 0.1) is 24.2 Å². The molecule has 0 bridgehead atoms. The molecule has 1 aliphatic carbocycles. The first-order chi connectivity index (χ1) is 22.8. The lowest BCUT2D eigenvalue weighted by molar-refractivity contribution is -0.140. The first-order valence-corrected chi connectivity index (χ1v) is 17.2. The van der Waals surface area contributed by atoms with Gasteiger partial charge in [0.15, 0.2) is 5.82 Å². The average molecular weight is 651 g/mol. The van der Waals surface area contributed by atoms with Crippen molar-refractivity contribution in [3.8, 4) is 17.1 Å². The molecule has 8 nitrogen and oxygen atoms in total. The van der Waals surface area contributed by atoms with Crippen molar-refractivity contribution in [1.82, 2.24) is 19.7 Å². The summed E-state index contributed by atoms with van der Waals surface area (Å²) in [6.45, 7) is 9.31. The minimum Gasteiger partial charge on any atom is -0.462 e. The SMILES string of the molecule is C.CCOC(=O)c1cnn(-c2cccc(-c3cccc4c3C(Cc3ccc(C5CCN(C(=O)[C@H](C)O)CC5)c(CC)c3)CC4)n2)c1CC. The number of nitrogens with zero attached hydrogens (tertiary/aromatic N) is 4. The monoisotopic (exact) mass is 650 g/mol. The Morgan fingerprint density at radius 3 is 2.48 bits per heavy atom. The number of aliphatic hydroxyl groups is 1. The van der Waals surface area contributed by atoms with Crippen LogP contribution in [-0.4, -0.2) is 62.4 Å². The van der Waals surface area contributed by atoms with Gasteiger partial charge in [0.25, 0.3) is 5.91 Å². The Kier molecular flexibility index (Phi) is 11.2. The fourth-order valence-corrected chi connectivity index (χ4v) is 7.65. The average Bonchev–Trinajstić information content (AvgIpc) is 3.72. The molecule has 254 valence electrons. The van der Waals surface area contributed by atoms with Gasteiger partial charge in [0.1, 0.15) is 11.7 Å². The zero-order valence-electron chi connectivity index (χ0n) is 28.0. The predicted molar refractivity (Wildman–Crippen MR) is 190 cm³/mol. The Bertz CT molecular complexity index is 1750. The van der Waals surface area contributed by atoms with Crippen molar-refractivity contribution in [3.05, 3.63) is 99.9 Å². The Labute approximate surface area is 285 Å². The Morgan fingerprint density at radius 1 is 1.00 bits per heavy atom. The zero-order valence-corrected chi connectivity index (χ0v) is 28.0. The van der Waals surface area contributed by atoms with E-state index in [2.05, 4.69) is 54.5 Å². The molecule has 2 aromatic heterocycles. The van der Waals surface area contributed by atoms with Crippen LogP contribution in [0.3, 0.4) is 0 Å². The van der Waals surface area contributed by atoms with Crippen LogP contribution in [0.5, 0.6) is 0 Å². The van der Waals surface area contributed by atoms with Crippen LogP contribution in [0.25, 0.3) is 17.1 Å². The normalized spacial score (nSPS) is 16.7. The van der Waals surface area contributed by atoms with E-state index in [0.717, 1.165) is 55.5 Å². The van der Waals surface area contributed by atoms with Crippen LogP contribution >= 0.6 is 0 Å². The summed E-state index contributed by atoms with van der Waals surface area (Å²) in [5.74, 6) is 0.993. The second-order valence-electron chi connectivity index (χ2n) is 12.9. The van der Waals surface area contributed by atoms with Gasteiger partial charge >= 0.3 is 5.97 Å². The van der Waals surface area contributed by atoms with Gasteiger partial charge in [0.2, 0.25) is 0 Å². The number of fused-ring (bicyclic) bond motifs is 1. The maximum atomic E-state index is 12.5. The smallest absolute Gasteiger partial charge is 0.341 e. The first kappa shape index (κ1) is 35.0. The number of rotatable bonds is 10. The second kappa shape index (κ2) is 15.3. The van der Waals surface area contributed by atoms with Crippen molar-refractivity contribution < 1.29 is 19.4 Å². The van der Waals surface area contributed by atoms with Crippen molar-refractivity contribution >= 4 is 11.9 Å². The van der Waals surface area contributed by atoms with Crippen LogP contribution in [0.15, 0.2) is 60.8 Å². The van der Waals surface area contributed by atoms with Crippen LogP contribution in [0, 0.1) is 0 Å². The summed E-state index contributed by atoms with van der Waals surface area (Å²) in [5, 5.41) is 14.3. The molecule has 2 aromatic carbocycles. The van der Waals surface area contributed by atoms with Crippen molar-refractivity contribution in [3.63, 3.8) is 0 Å². The number of carbonyl (C=O) groups is 2. The molecule has 4 aromatic rings. The lowest BCUT2D eigenvalue weighted by atomic mass is 9.83. The fraction of sp³-hybridized carbons (Fsp3) is 0.450. The maximum absolute atomic E-state index is 12.5. The summed E-state index contributed by atoms with van der Waals surface area (Å²) in [7, 11) is 0. The quantitative estimate of drug-likeness (QED) is 0.182. The lowest BCUT2D eigenvalue weighted by Crippen LogP contribution is -2.42. The molecule has 0 spiro atoms. The van der Waals surface area contributed by atoms with Gasteiger partial charge in [0, 0.05) is 18.7 Å². The van der Waals surface area contributed by atoms with Gasteiger partial charge in [-0.25, -0.2) is 14.5 Å². The number of hydrogen-bond acceptors (Lipinski definition) is 6. The number of benzene rings is 2. The molecule has 1 saturated heterocycles. The summed E-state index contributed by atoms with van der Waals surface area (Å²) >= 11 is 0. The molecule has 0 radical (unpaired) electrons. The molecule has 48 heavy (non-hydrogen) atoms. The minimum atomic E-state index is -0.936. The van der Waals surface area contributed by atoms with Gasteiger partial charge in [-0.05, 0) is 111 Å². The van der Waals surface area contributed by atoms with Crippen LogP contribution in [0.4, 0.5) is 0 Å². The zero-order chi connectivity index (χ0) is 33.1. The van der Waals surface area contributed by atoms with Gasteiger partial charge in [-0.15, -0.1) is 0 Å². The van der Waals surface area contributed by atoms with Gasteiger partial charge in [-0.3, -0.25) is 4.79 Å². The Balaban J connectivity index is 0.00000451. The van der Waals surface area contributed by atoms with Crippen LogP contribution in [0.2, 0.25) is 0 Å². The molecule has 3 heterocycles. The highest BCUT2D eigenvalue weighted by Gasteiger charge is 2.29. The summed E-state index contributed by atoms with van der Waals surface area (Å²) in [4.78, 5) is 31.7. The number of esters is 1. The molecule has 6 rings (SSSR count). The standard InChI is InChI=1S/C39H46N4O4.CH4/c1-5-27-22-26(14-17-31(27)28-18-20-42(21-19-28)38(45)25(4)44)23-30-16-15-29-10-8-11-32(37(29)30)34-12-9-13-36(41-34)43-35(6-2)33(24-40-43)39(46)47-7-3;/h8-14,17,22,24-25,28,30,44H,5-7,15-16,18-21,23H2,1-4H3;1H4/t25-,30?;/m0./s1. The van der Waals surface area contributed by atoms with Gasteiger partial charge < -0.3 is 14.7 Å². The van der Waals surface area contributed by atoms with Crippen LogP contribution in [-0.2, 0) is 35.2 Å². The highest BCUT2D eigenvalue weighted by atomic mass is 16.5. The number of aromatic nitrogens is 3. The number of likely N-dealkylation sites (tertiary alicyclic amines) is 1. The maximum Gasteiger partial charge on any atom is 0.341 e. The third kappa shape index (κ3) is 6.95. The van der Waals surface area contributed by atoms with E-state index >= 15 is 0 Å². The molecule has 2 aliphatic rings. The summed E-state index contributed by atoms with van der Waals surface area (Å²) in [6.07, 6.45) is 7.24. The Hall–Kier alpha value is -4.30. The molecule has 1 N–H and O–H groups in total. The van der Waals surface area contributed by atoms with Crippen molar-refractivity contribution in [2.24, 2.45) is 0 Å². The third-order valence-corrected chi connectivity index (χ3v) is 9.97. The van der Waals surface area contributed by atoms with E-state index in [1.165, 1.54) is 27.8 Å². The predicted octanol–water partition coefficient (Wildman–Crippen LogP) is 7.23.